The van der Waals surface area contributed by atoms with Crippen LogP contribution in [0.4, 0.5) is 9.52 Å². The number of anilines is 1. The molecule has 5 rings (SSSR count). The van der Waals surface area contributed by atoms with Crippen molar-refractivity contribution in [1.82, 2.24) is 4.98 Å². The van der Waals surface area contributed by atoms with Crippen molar-refractivity contribution in [2.24, 2.45) is 0 Å². The zero-order chi connectivity index (χ0) is 24.9. The number of aliphatic hydroxyl groups is 1. The van der Waals surface area contributed by atoms with Gasteiger partial charge in [-0.1, -0.05) is 17.4 Å². The maximum absolute atomic E-state index is 14.1. The molecule has 0 spiro atoms. The summed E-state index contributed by atoms with van der Waals surface area (Å²) >= 11 is 2.56. The number of hydrogen-bond donors (Lipinski definition) is 1. The number of ether oxygens (including phenoxy) is 2. The normalized spacial score (nSPS) is 17.4. The van der Waals surface area contributed by atoms with Gasteiger partial charge in [0.15, 0.2) is 5.13 Å². The molecule has 7 nitrogen and oxygen atoms in total. The number of hydrogen-bond acceptors (Lipinski definition) is 8. The van der Waals surface area contributed by atoms with E-state index in [1.807, 2.05) is 24.4 Å². The Labute approximate surface area is 207 Å². The van der Waals surface area contributed by atoms with Crippen LogP contribution in [0.5, 0.6) is 11.5 Å². The lowest BCUT2D eigenvalue weighted by Gasteiger charge is -2.21. The Balaban J connectivity index is 1.73. The Morgan fingerprint density at radius 1 is 1.11 bits per heavy atom. The van der Waals surface area contributed by atoms with Gasteiger partial charge < -0.3 is 14.6 Å². The molecular weight excluding hydrogens is 491 g/mol. The minimum Gasteiger partial charge on any atom is -0.507 e. The quantitative estimate of drug-likeness (QED) is 0.218. The summed E-state index contributed by atoms with van der Waals surface area (Å²) in [6.07, 6.45) is 0. The highest BCUT2D eigenvalue weighted by Gasteiger charge is 2.49. The molecule has 1 aliphatic heterocycles. The van der Waals surface area contributed by atoms with E-state index in [1.165, 1.54) is 46.8 Å². The van der Waals surface area contributed by atoms with Crippen LogP contribution in [0.2, 0.25) is 0 Å². The molecule has 1 atom stereocenters. The zero-order valence-corrected chi connectivity index (χ0v) is 20.5. The Morgan fingerprint density at radius 3 is 2.57 bits per heavy atom. The molecule has 35 heavy (non-hydrogen) atoms. The number of nitrogens with zero attached hydrogens (tertiary/aromatic N) is 2. The second-order valence-corrected chi connectivity index (χ2v) is 9.80. The summed E-state index contributed by atoms with van der Waals surface area (Å²) in [5.74, 6) is -2.00. The third-order valence-corrected chi connectivity index (χ3v) is 7.72. The number of carbonyl (C=O) groups is 2. The molecule has 2 aromatic carbocycles. The number of rotatable bonds is 5. The highest BCUT2D eigenvalue weighted by molar-refractivity contribution is 7.22. The van der Waals surface area contributed by atoms with E-state index in [2.05, 4.69) is 4.98 Å². The molecule has 2 aromatic heterocycles. The van der Waals surface area contributed by atoms with E-state index < -0.39 is 29.3 Å². The Bertz CT molecular complexity index is 1510. The summed E-state index contributed by atoms with van der Waals surface area (Å²) in [5.41, 5.74) is 1.36. The molecule has 1 N–H and O–H groups in total. The van der Waals surface area contributed by atoms with Crippen LogP contribution < -0.4 is 14.4 Å². The van der Waals surface area contributed by atoms with E-state index in [-0.39, 0.29) is 16.9 Å². The highest BCUT2D eigenvalue weighted by Crippen LogP contribution is 2.46. The minimum absolute atomic E-state index is 0.0169. The van der Waals surface area contributed by atoms with E-state index in [4.69, 9.17) is 9.47 Å². The highest BCUT2D eigenvalue weighted by atomic mass is 32.1. The third-order valence-electron chi connectivity index (χ3n) is 5.77. The van der Waals surface area contributed by atoms with E-state index in [1.54, 1.807) is 19.2 Å². The second-order valence-electron chi connectivity index (χ2n) is 7.82. The summed E-state index contributed by atoms with van der Waals surface area (Å²) in [4.78, 5) is 33.2. The smallest absolute Gasteiger partial charge is 0.301 e. The van der Waals surface area contributed by atoms with Gasteiger partial charge >= 0.3 is 5.91 Å². The van der Waals surface area contributed by atoms with Crippen molar-refractivity contribution in [2.75, 3.05) is 19.1 Å². The number of carbonyl (C=O) groups excluding carboxylic acids is 2. The van der Waals surface area contributed by atoms with Gasteiger partial charge in [0.05, 0.1) is 35.6 Å². The second kappa shape index (κ2) is 8.79. The van der Waals surface area contributed by atoms with E-state index in [9.17, 15) is 19.1 Å². The molecule has 1 aliphatic rings. The lowest BCUT2D eigenvalue weighted by atomic mass is 9.99. The number of thiazole rings is 1. The van der Waals surface area contributed by atoms with Crippen LogP contribution in [0, 0.1) is 12.7 Å². The van der Waals surface area contributed by atoms with Crippen LogP contribution >= 0.6 is 22.7 Å². The van der Waals surface area contributed by atoms with Crippen molar-refractivity contribution >= 4 is 55.5 Å². The van der Waals surface area contributed by atoms with Crippen molar-refractivity contribution in [1.29, 1.82) is 0 Å². The third kappa shape index (κ3) is 3.75. The molecular formula is C25H19FN2O5S2. The van der Waals surface area contributed by atoms with Crippen LogP contribution in [-0.2, 0) is 9.59 Å². The Morgan fingerprint density at radius 2 is 1.89 bits per heavy atom. The zero-order valence-electron chi connectivity index (χ0n) is 18.9. The molecule has 0 aliphatic carbocycles. The fraction of sp³-hybridized carbons (Fsp3) is 0.160. The molecule has 0 radical (unpaired) electrons. The number of aliphatic hydroxyl groups excluding tert-OH is 1. The summed E-state index contributed by atoms with van der Waals surface area (Å²) in [5, 5.41) is 13.3. The van der Waals surface area contributed by atoms with Gasteiger partial charge in [-0.2, -0.15) is 0 Å². The molecule has 1 amide bonds. The van der Waals surface area contributed by atoms with Crippen LogP contribution in [0.3, 0.4) is 0 Å². The fourth-order valence-electron chi connectivity index (χ4n) is 4.13. The lowest BCUT2D eigenvalue weighted by molar-refractivity contribution is -0.132. The van der Waals surface area contributed by atoms with E-state index >= 15 is 0 Å². The van der Waals surface area contributed by atoms with E-state index in [0.717, 1.165) is 16.3 Å². The summed E-state index contributed by atoms with van der Waals surface area (Å²) < 4.78 is 25.5. The van der Waals surface area contributed by atoms with Crippen molar-refractivity contribution in [3.63, 3.8) is 0 Å². The Kier molecular flexibility index (Phi) is 5.78. The predicted octanol–water partition coefficient (Wildman–Crippen LogP) is 5.45. The van der Waals surface area contributed by atoms with Crippen molar-refractivity contribution < 1.29 is 28.6 Å². The van der Waals surface area contributed by atoms with Gasteiger partial charge in [-0.05, 0) is 54.3 Å². The summed E-state index contributed by atoms with van der Waals surface area (Å²) in [6, 6.07) is 9.90. The monoisotopic (exact) mass is 510 g/mol. The lowest BCUT2D eigenvalue weighted by Crippen LogP contribution is -2.28. The summed E-state index contributed by atoms with van der Waals surface area (Å²) in [6.45, 7) is 1.89. The number of methoxy groups -OCH3 is 2. The predicted molar refractivity (Wildman–Crippen MR) is 133 cm³/mol. The van der Waals surface area contributed by atoms with Gasteiger partial charge in [0, 0.05) is 4.88 Å². The van der Waals surface area contributed by atoms with Crippen LogP contribution in [0.1, 0.15) is 22.0 Å². The maximum atomic E-state index is 14.1. The SMILES string of the molecule is COc1cc2sc(N3C(=O)C(=O)/C(=C(/O)c4cc(F)ccc4OC)C3c3cccs3)nc2cc1C. The Hall–Kier alpha value is -3.76. The topological polar surface area (TPSA) is 89.0 Å². The van der Waals surface area contributed by atoms with Crippen molar-refractivity contribution in [3.8, 4) is 11.5 Å². The molecule has 1 saturated heterocycles. The first-order chi connectivity index (χ1) is 16.8. The number of thiophene rings is 1. The molecule has 0 saturated carbocycles. The van der Waals surface area contributed by atoms with Gasteiger partial charge in [0.2, 0.25) is 0 Å². The molecule has 3 heterocycles. The number of halogens is 1. The summed E-state index contributed by atoms with van der Waals surface area (Å²) in [7, 11) is 2.95. The molecule has 1 unspecified atom stereocenters. The van der Waals surface area contributed by atoms with Gasteiger partial charge in [0.25, 0.3) is 5.78 Å². The van der Waals surface area contributed by atoms with Crippen molar-refractivity contribution in [2.45, 2.75) is 13.0 Å². The largest absolute Gasteiger partial charge is 0.507 e. The van der Waals surface area contributed by atoms with Crippen LogP contribution in [0.25, 0.3) is 16.0 Å². The molecule has 10 heteroatoms. The number of amides is 1. The first kappa shape index (κ1) is 23.0. The van der Waals surface area contributed by atoms with Gasteiger partial charge in [0.1, 0.15) is 29.1 Å². The van der Waals surface area contributed by atoms with Crippen LogP contribution in [0.15, 0.2) is 53.4 Å². The number of ketones is 1. The molecule has 178 valence electrons. The number of aromatic nitrogens is 1. The average Bonchev–Trinajstić information content (AvgIpc) is 3.57. The molecule has 1 fully saturated rings. The number of Topliss-reactive ketones (excluding diaryl/α,β-unsaturated/α-hetero) is 1. The van der Waals surface area contributed by atoms with Gasteiger partial charge in [-0.15, -0.1) is 11.3 Å². The molecule has 0 bridgehead atoms. The van der Waals surface area contributed by atoms with E-state index in [0.29, 0.717) is 21.3 Å². The standard InChI is InChI=1S/C25H19FN2O5S2/c1-12-9-15-19(11-17(12)33-3)35-25(27-15)28-21(18-5-4-8-34-18)20(23(30)24(28)31)22(29)14-10-13(26)6-7-16(14)32-2/h4-11,21,29H,1-3H3/b22-20+. The van der Waals surface area contributed by atoms with Crippen molar-refractivity contribution in [3.05, 3.63) is 75.2 Å². The average molecular weight is 511 g/mol. The van der Waals surface area contributed by atoms with Crippen LogP contribution in [-0.4, -0.2) is 36.0 Å². The number of fused-ring (bicyclic) bond motifs is 1. The fourth-order valence-corrected chi connectivity index (χ4v) is 5.95. The number of benzene rings is 2. The van der Waals surface area contributed by atoms with Gasteiger partial charge in [-0.3, -0.25) is 14.5 Å². The first-order valence-corrected chi connectivity index (χ1v) is 12.2. The first-order valence-electron chi connectivity index (χ1n) is 10.5. The molecule has 4 aromatic rings. The van der Waals surface area contributed by atoms with Gasteiger partial charge in [-0.25, -0.2) is 9.37 Å². The number of aryl methyl sites for hydroxylation is 1. The minimum atomic E-state index is -0.938. The maximum Gasteiger partial charge on any atom is 0.301 e.